The first-order valence-corrected chi connectivity index (χ1v) is 10.7. The third-order valence-electron chi connectivity index (χ3n) is 4.69. The first-order valence-electron chi connectivity index (χ1n) is 9.87. The topological polar surface area (TPSA) is 68.8 Å². The summed E-state index contributed by atoms with van der Waals surface area (Å²) in [5.74, 6) is 0.845. The molecule has 3 N–H and O–H groups in total. The largest absolute Gasteiger partial charge is 0.368 e. The van der Waals surface area contributed by atoms with Crippen molar-refractivity contribution in [2.75, 3.05) is 31.1 Å². The molecule has 1 aromatic carbocycles. The maximum Gasteiger partial charge on any atom is 0.222 e. The molecule has 2 atom stereocenters. The van der Waals surface area contributed by atoms with Gasteiger partial charge in [0, 0.05) is 42.6 Å². The average Bonchev–Trinajstić information content (AvgIpc) is 3.10. The van der Waals surface area contributed by atoms with Crippen LogP contribution in [0.1, 0.15) is 40.0 Å². The minimum atomic E-state index is 0. The predicted octanol–water partition coefficient (Wildman–Crippen LogP) is 3.51. The van der Waals surface area contributed by atoms with Gasteiger partial charge in [-0.2, -0.15) is 0 Å². The molecular formula is C20H33BrIN5O. The fourth-order valence-corrected chi connectivity index (χ4v) is 3.57. The van der Waals surface area contributed by atoms with Crippen LogP contribution in [-0.4, -0.2) is 50.1 Å². The fourth-order valence-electron chi connectivity index (χ4n) is 3.04. The second kappa shape index (κ2) is 13.2. The molecule has 0 spiro atoms. The molecule has 1 heterocycles. The summed E-state index contributed by atoms with van der Waals surface area (Å²) in [7, 11) is 0. The number of halogens is 2. The molecule has 8 heteroatoms. The predicted molar refractivity (Wildman–Crippen MR) is 132 cm³/mol. The minimum absolute atomic E-state index is 0. The van der Waals surface area contributed by atoms with Crippen molar-refractivity contribution in [3.63, 3.8) is 0 Å². The average molecular weight is 566 g/mol. The number of para-hydroxylation sites is 1. The third-order valence-corrected chi connectivity index (χ3v) is 5.37. The molecule has 0 bridgehead atoms. The van der Waals surface area contributed by atoms with Crippen LogP contribution in [0.15, 0.2) is 33.7 Å². The van der Waals surface area contributed by atoms with Gasteiger partial charge in [0.15, 0.2) is 5.96 Å². The molecule has 1 saturated heterocycles. The molecule has 0 saturated carbocycles. The smallest absolute Gasteiger partial charge is 0.222 e. The van der Waals surface area contributed by atoms with Crippen molar-refractivity contribution >= 4 is 57.5 Å². The van der Waals surface area contributed by atoms with E-state index in [9.17, 15) is 4.79 Å². The lowest BCUT2D eigenvalue weighted by Crippen LogP contribution is -2.44. The van der Waals surface area contributed by atoms with E-state index in [2.05, 4.69) is 73.8 Å². The maximum atomic E-state index is 11.9. The number of aliphatic imine (C=N–C) groups is 1. The van der Waals surface area contributed by atoms with Gasteiger partial charge in [-0.25, -0.2) is 0 Å². The second-order valence-electron chi connectivity index (χ2n) is 6.91. The van der Waals surface area contributed by atoms with Crippen molar-refractivity contribution in [2.24, 2.45) is 4.99 Å². The van der Waals surface area contributed by atoms with Crippen LogP contribution in [0.2, 0.25) is 0 Å². The Labute approximate surface area is 194 Å². The molecule has 6 nitrogen and oxygen atoms in total. The summed E-state index contributed by atoms with van der Waals surface area (Å²) < 4.78 is 1.12. The van der Waals surface area contributed by atoms with E-state index in [1.807, 2.05) is 13.0 Å². The number of carbonyl (C=O) groups excluding carboxylic acids is 1. The van der Waals surface area contributed by atoms with Gasteiger partial charge in [-0.1, -0.05) is 19.1 Å². The van der Waals surface area contributed by atoms with Gasteiger partial charge in [0.2, 0.25) is 5.91 Å². The molecule has 28 heavy (non-hydrogen) atoms. The quantitative estimate of drug-likeness (QED) is 0.256. The fraction of sp³-hybridized carbons (Fsp3) is 0.600. The van der Waals surface area contributed by atoms with Gasteiger partial charge >= 0.3 is 0 Å². The summed E-state index contributed by atoms with van der Waals surface area (Å²) in [6.45, 7) is 9.36. The molecule has 0 radical (unpaired) electrons. The first kappa shape index (κ1) is 25.0. The van der Waals surface area contributed by atoms with Gasteiger partial charge in [-0.15, -0.1) is 24.0 Å². The molecule has 1 amide bonds. The molecule has 1 fully saturated rings. The van der Waals surface area contributed by atoms with E-state index >= 15 is 0 Å². The van der Waals surface area contributed by atoms with E-state index in [1.54, 1.807) is 0 Å². The number of benzene rings is 1. The summed E-state index contributed by atoms with van der Waals surface area (Å²) in [4.78, 5) is 18.8. The Morgan fingerprint density at radius 3 is 2.79 bits per heavy atom. The van der Waals surface area contributed by atoms with Crippen LogP contribution in [0.5, 0.6) is 0 Å². The summed E-state index contributed by atoms with van der Waals surface area (Å²) in [5, 5.41) is 9.77. The molecule has 2 unspecified atom stereocenters. The third kappa shape index (κ3) is 8.14. The first-order chi connectivity index (χ1) is 13.0. The molecule has 158 valence electrons. The van der Waals surface area contributed by atoms with Gasteiger partial charge in [0.1, 0.15) is 0 Å². The Hall–Kier alpha value is -1.03. The second-order valence-corrected chi connectivity index (χ2v) is 7.77. The van der Waals surface area contributed by atoms with E-state index in [0.717, 1.165) is 42.9 Å². The normalized spacial score (nSPS) is 17.6. The lowest BCUT2D eigenvalue weighted by atomic mass is 10.2. The number of amides is 1. The highest BCUT2D eigenvalue weighted by molar-refractivity contribution is 14.0. The van der Waals surface area contributed by atoms with Crippen LogP contribution in [0, 0.1) is 0 Å². The monoisotopic (exact) mass is 565 g/mol. The van der Waals surface area contributed by atoms with Crippen LogP contribution < -0.4 is 20.9 Å². The number of hydrogen-bond donors (Lipinski definition) is 3. The summed E-state index contributed by atoms with van der Waals surface area (Å²) in [6, 6.07) is 8.87. The summed E-state index contributed by atoms with van der Waals surface area (Å²) in [6.07, 6.45) is 2.41. The lowest BCUT2D eigenvalue weighted by molar-refractivity contribution is -0.121. The summed E-state index contributed by atoms with van der Waals surface area (Å²) in [5.41, 5.74) is 1.23. The maximum absolute atomic E-state index is 11.9. The number of rotatable bonds is 8. The van der Waals surface area contributed by atoms with E-state index in [4.69, 9.17) is 0 Å². The van der Waals surface area contributed by atoms with E-state index in [1.165, 1.54) is 5.69 Å². The van der Waals surface area contributed by atoms with Crippen molar-refractivity contribution in [3.8, 4) is 0 Å². The van der Waals surface area contributed by atoms with Crippen molar-refractivity contribution < 1.29 is 4.79 Å². The van der Waals surface area contributed by atoms with Crippen molar-refractivity contribution in [3.05, 3.63) is 28.7 Å². The van der Waals surface area contributed by atoms with E-state index in [0.29, 0.717) is 19.0 Å². The van der Waals surface area contributed by atoms with Crippen molar-refractivity contribution in [1.82, 2.24) is 16.0 Å². The van der Waals surface area contributed by atoms with Crippen LogP contribution in [0.4, 0.5) is 5.69 Å². The number of nitrogens with zero attached hydrogens (tertiary/aromatic N) is 2. The van der Waals surface area contributed by atoms with Crippen LogP contribution in [0.3, 0.4) is 0 Å². The molecule has 1 aromatic rings. The van der Waals surface area contributed by atoms with E-state index < -0.39 is 0 Å². The minimum Gasteiger partial charge on any atom is -0.368 e. The number of guanidine groups is 1. The van der Waals surface area contributed by atoms with Crippen LogP contribution >= 0.6 is 39.9 Å². The number of nitrogens with one attached hydrogen (secondary N) is 3. The molecular weight excluding hydrogens is 533 g/mol. The Bertz CT molecular complexity index is 643. The molecule has 1 aliphatic rings. The van der Waals surface area contributed by atoms with Crippen LogP contribution in [0.25, 0.3) is 0 Å². The van der Waals surface area contributed by atoms with Gasteiger partial charge in [-0.05, 0) is 54.8 Å². The SMILES string of the molecule is CCNC(=NCCC(=O)NC(C)CC)NC1CCN(c2ccccc2Br)C1.I. The van der Waals surface area contributed by atoms with Gasteiger partial charge in [0.05, 0.1) is 12.2 Å². The Balaban J connectivity index is 0.00000392. The zero-order valence-corrected chi connectivity index (χ0v) is 20.9. The zero-order valence-electron chi connectivity index (χ0n) is 17.0. The van der Waals surface area contributed by atoms with Crippen molar-refractivity contribution in [2.45, 2.75) is 52.1 Å². The zero-order chi connectivity index (χ0) is 19.6. The Morgan fingerprint density at radius 2 is 2.11 bits per heavy atom. The number of carbonyl (C=O) groups is 1. The Morgan fingerprint density at radius 1 is 1.36 bits per heavy atom. The highest BCUT2D eigenvalue weighted by Gasteiger charge is 2.24. The molecule has 0 aromatic heterocycles. The van der Waals surface area contributed by atoms with Gasteiger partial charge < -0.3 is 20.9 Å². The molecule has 0 aliphatic carbocycles. The van der Waals surface area contributed by atoms with Crippen molar-refractivity contribution in [1.29, 1.82) is 0 Å². The molecule has 1 aliphatic heterocycles. The number of hydrogen-bond acceptors (Lipinski definition) is 3. The highest BCUT2D eigenvalue weighted by Crippen LogP contribution is 2.28. The standard InChI is InChI=1S/C20H32BrN5O.HI/c1-4-15(3)24-19(27)10-12-23-20(22-5-2)25-16-11-13-26(14-16)18-9-7-6-8-17(18)21;/h6-9,15-16H,4-5,10-14H2,1-3H3,(H,24,27)(H2,22,23,25);1H. The Kier molecular flexibility index (Phi) is 11.8. The van der Waals surface area contributed by atoms with Crippen LogP contribution in [-0.2, 0) is 4.79 Å². The van der Waals surface area contributed by atoms with Gasteiger partial charge in [-0.3, -0.25) is 9.79 Å². The highest BCUT2D eigenvalue weighted by atomic mass is 127. The summed E-state index contributed by atoms with van der Waals surface area (Å²) >= 11 is 3.64. The van der Waals surface area contributed by atoms with Gasteiger partial charge in [0.25, 0.3) is 0 Å². The lowest BCUT2D eigenvalue weighted by Gasteiger charge is -2.21. The number of anilines is 1. The van der Waals surface area contributed by atoms with E-state index in [-0.39, 0.29) is 35.9 Å². The molecule has 2 rings (SSSR count).